The van der Waals surface area contributed by atoms with Crippen LogP contribution >= 0.6 is 22.9 Å². The van der Waals surface area contributed by atoms with Gasteiger partial charge in [-0.3, -0.25) is 14.7 Å². The Balaban J connectivity index is 1.43. The number of carbonyl (C=O) groups excluding carboxylic acids is 1. The van der Waals surface area contributed by atoms with Gasteiger partial charge in [0.25, 0.3) is 5.56 Å². The molecule has 0 aliphatic heterocycles. The summed E-state index contributed by atoms with van der Waals surface area (Å²) in [6.07, 6.45) is 5.06. The summed E-state index contributed by atoms with van der Waals surface area (Å²) in [6.45, 7) is 0. The Hall–Kier alpha value is -3.24. The number of amides is 1. The number of hydrogen-bond donors (Lipinski definition) is 3. The third-order valence-electron chi connectivity index (χ3n) is 4.86. The Kier molecular flexibility index (Phi) is 4.52. The molecule has 0 bridgehead atoms. The highest BCUT2D eigenvalue weighted by Crippen LogP contribution is 2.35. The fraction of sp³-hybridized carbons (Fsp3) is 0.211. The van der Waals surface area contributed by atoms with Gasteiger partial charge in [-0.25, -0.2) is 0 Å². The van der Waals surface area contributed by atoms with Crippen molar-refractivity contribution in [3.63, 3.8) is 0 Å². The van der Waals surface area contributed by atoms with Crippen molar-refractivity contribution >= 4 is 56.3 Å². The van der Waals surface area contributed by atoms with Gasteiger partial charge in [0.15, 0.2) is 5.01 Å². The van der Waals surface area contributed by atoms with Crippen molar-refractivity contribution in [2.45, 2.75) is 12.8 Å². The Morgan fingerprint density at radius 3 is 2.93 bits per heavy atom. The maximum absolute atomic E-state index is 12.4. The molecule has 1 aliphatic carbocycles. The molecule has 0 radical (unpaired) electrons. The van der Waals surface area contributed by atoms with E-state index in [0.717, 1.165) is 23.7 Å². The summed E-state index contributed by atoms with van der Waals surface area (Å²) in [5, 5.41) is 23.7. The van der Waals surface area contributed by atoms with Gasteiger partial charge in [-0.1, -0.05) is 22.9 Å². The van der Waals surface area contributed by atoms with Crippen molar-refractivity contribution in [3.8, 4) is 10.6 Å². The Bertz CT molecular complexity index is 1340. The van der Waals surface area contributed by atoms with Gasteiger partial charge in [-0.15, -0.1) is 10.2 Å². The third-order valence-corrected chi connectivity index (χ3v) is 6.16. The number of aromatic nitrogens is 5. The first-order chi connectivity index (χ1) is 14.5. The van der Waals surface area contributed by atoms with Gasteiger partial charge in [-0.2, -0.15) is 5.10 Å². The van der Waals surface area contributed by atoms with Crippen molar-refractivity contribution in [1.29, 1.82) is 0 Å². The molecule has 11 heteroatoms. The van der Waals surface area contributed by atoms with Gasteiger partial charge in [0, 0.05) is 30.1 Å². The largest absolute Gasteiger partial charge is 0.329 e. The number of aromatic amines is 1. The molecule has 152 valence electrons. The second kappa shape index (κ2) is 7.22. The van der Waals surface area contributed by atoms with E-state index in [1.165, 1.54) is 15.9 Å². The number of aryl methyl sites for hydroxylation is 1. The summed E-state index contributed by atoms with van der Waals surface area (Å²) in [4.78, 5) is 24.5. The highest BCUT2D eigenvalue weighted by molar-refractivity contribution is 7.18. The first-order valence-corrected chi connectivity index (χ1v) is 10.4. The number of fused-ring (bicyclic) bond motifs is 1. The van der Waals surface area contributed by atoms with E-state index in [4.69, 9.17) is 11.6 Å². The predicted octanol–water partition coefficient (Wildman–Crippen LogP) is 3.53. The summed E-state index contributed by atoms with van der Waals surface area (Å²) in [5.41, 5.74) is 2.19. The lowest BCUT2D eigenvalue weighted by Gasteiger charge is -2.08. The maximum atomic E-state index is 12.4. The van der Waals surface area contributed by atoms with Crippen LogP contribution in [0.5, 0.6) is 0 Å². The normalized spacial score (nSPS) is 13.5. The van der Waals surface area contributed by atoms with E-state index in [2.05, 4.69) is 31.0 Å². The average Bonchev–Trinajstić information content (AvgIpc) is 3.29. The second-order valence-electron chi connectivity index (χ2n) is 7.12. The number of H-pyrrole nitrogens is 1. The summed E-state index contributed by atoms with van der Waals surface area (Å²) in [5.74, 6) is -0.110. The summed E-state index contributed by atoms with van der Waals surface area (Å²) in [7, 11) is 1.64. The van der Waals surface area contributed by atoms with Gasteiger partial charge in [0.1, 0.15) is 5.69 Å². The molecule has 1 saturated carbocycles. The van der Waals surface area contributed by atoms with Crippen LogP contribution < -0.4 is 16.2 Å². The zero-order valence-corrected chi connectivity index (χ0v) is 17.3. The number of anilines is 3. The molecule has 1 aromatic carbocycles. The number of nitrogens with one attached hydrogen (secondary N) is 3. The Morgan fingerprint density at radius 1 is 1.30 bits per heavy atom. The average molecular weight is 442 g/mol. The van der Waals surface area contributed by atoms with E-state index < -0.39 is 0 Å². The smallest absolute Gasteiger partial charge is 0.274 e. The van der Waals surface area contributed by atoms with Crippen molar-refractivity contribution in [2.75, 3.05) is 10.6 Å². The molecule has 9 nitrogen and oxygen atoms in total. The standard InChI is InChI=1S/C19H16ClN7O2S/c1-27-8-10(6-14(18(27)29)22-16(28)9-2-3-9)17-25-26-19(30-17)23-13-5-4-12-11(15(13)20)7-21-24-12/h4-9H,2-3H2,1H3,(H,21,24)(H,22,28)(H,23,26). The second-order valence-corrected chi connectivity index (χ2v) is 8.47. The molecule has 3 aromatic heterocycles. The lowest BCUT2D eigenvalue weighted by molar-refractivity contribution is -0.117. The fourth-order valence-electron chi connectivity index (χ4n) is 3.08. The minimum absolute atomic E-state index is 0.00742. The molecular formula is C19H16ClN7O2S. The van der Waals surface area contributed by atoms with Crippen LogP contribution in [0.2, 0.25) is 5.02 Å². The van der Waals surface area contributed by atoms with Crippen LogP contribution in [0.1, 0.15) is 12.8 Å². The molecule has 1 aliphatic rings. The number of nitrogens with zero attached hydrogens (tertiary/aromatic N) is 4. The van der Waals surface area contributed by atoms with Gasteiger partial charge in [0.05, 0.1) is 22.4 Å². The summed E-state index contributed by atoms with van der Waals surface area (Å²) >= 11 is 7.76. The van der Waals surface area contributed by atoms with Gasteiger partial charge in [-0.05, 0) is 31.0 Å². The molecule has 0 spiro atoms. The third kappa shape index (κ3) is 3.44. The van der Waals surface area contributed by atoms with E-state index in [1.807, 2.05) is 12.1 Å². The van der Waals surface area contributed by atoms with E-state index in [9.17, 15) is 9.59 Å². The molecule has 0 unspecified atom stereocenters. The Morgan fingerprint density at radius 2 is 2.13 bits per heavy atom. The molecule has 3 N–H and O–H groups in total. The quantitative estimate of drug-likeness (QED) is 0.436. The van der Waals surface area contributed by atoms with Crippen molar-refractivity contribution < 1.29 is 4.79 Å². The van der Waals surface area contributed by atoms with Gasteiger partial charge in [0.2, 0.25) is 11.0 Å². The number of halogens is 1. The molecule has 1 amide bonds. The fourth-order valence-corrected chi connectivity index (χ4v) is 4.08. The van der Waals surface area contributed by atoms with E-state index in [1.54, 1.807) is 25.5 Å². The van der Waals surface area contributed by atoms with Crippen LogP contribution in [0, 0.1) is 5.92 Å². The molecule has 0 atom stereocenters. The van der Waals surface area contributed by atoms with Crippen LogP contribution in [-0.4, -0.2) is 30.9 Å². The first kappa shape index (κ1) is 18.8. The van der Waals surface area contributed by atoms with E-state index in [-0.39, 0.29) is 23.1 Å². The monoisotopic (exact) mass is 441 g/mol. The highest BCUT2D eigenvalue weighted by Gasteiger charge is 2.30. The zero-order valence-electron chi connectivity index (χ0n) is 15.8. The number of benzene rings is 1. The zero-order chi connectivity index (χ0) is 20.8. The van der Waals surface area contributed by atoms with Crippen molar-refractivity contribution in [3.05, 3.63) is 46.0 Å². The molecule has 1 fully saturated rings. The van der Waals surface area contributed by atoms with Gasteiger partial charge >= 0.3 is 0 Å². The van der Waals surface area contributed by atoms with Crippen molar-refractivity contribution in [1.82, 2.24) is 25.0 Å². The summed E-state index contributed by atoms with van der Waals surface area (Å²) < 4.78 is 1.43. The van der Waals surface area contributed by atoms with E-state index >= 15 is 0 Å². The molecular weight excluding hydrogens is 426 g/mol. The van der Waals surface area contributed by atoms with Crippen LogP contribution in [0.15, 0.2) is 35.4 Å². The molecule has 30 heavy (non-hydrogen) atoms. The SMILES string of the molecule is Cn1cc(-c2nnc(Nc3ccc4[nH]ncc4c3Cl)s2)cc(NC(=O)C2CC2)c1=O. The highest BCUT2D eigenvalue weighted by atomic mass is 35.5. The topological polar surface area (TPSA) is 118 Å². The van der Waals surface area contributed by atoms with Crippen molar-refractivity contribution in [2.24, 2.45) is 13.0 Å². The maximum Gasteiger partial charge on any atom is 0.274 e. The molecule has 0 saturated heterocycles. The lowest BCUT2D eigenvalue weighted by Crippen LogP contribution is -2.24. The Labute approximate surface area is 179 Å². The van der Waals surface area contributed by atoms with E-state index in [0.29, 0.717) is 26.4 Å². The minimum Gasteiger partial charge on any atom is -0.329 e. The number of pyridine rings is 1. The number of carbonyl (C=O) groups is 1. The lowest BCUT2D eigenvalue weighted by atomic mass is 10.2. The van der Waals surface area contributed by atoms with Crippen LogP contribution in [0.4, 0.5) is 16.5 Å². The summed E-state index contributed by atoms with van der Waals surface area (Å²) in [6, 6.07) is 5.35. The van der Waals surface area contributed by atoms with Crippen LogP contribution in [-0.2, 0) is 11.8 Å². The molecule has 5 rings (SSSR count). The number of hydrogen-bond acceptors (Lipinski definition) is 7. The molecule has 4 aromatic rings. The minimum atomic E-state index is -0.268. The van der Waals surface area contributed by atoms with Crippen LogP contribution in [0.3, 0.4) is 0 Å². The van der Waals surface area contributed by atoms with Crippen LogP contribution in [0.25, 0.3) is 21.5 Å². The molecule has 3 heterocycles. The first-order valence-electron chi connectivity index (χ1n) is 9.23. The number of rotatable bonds is 5. The van der Waals surface area contributed by atoms with Gasteiger partial charge < -0.3 is 15.2 Å². The predicted molar refractivity (Wildman–Crippen MR) is 116 cm³/mol.